The van der Waals surface area contributed by atoms with Crippen LogP contribution in [0.15, 0.2) is 80.3 Å². The molecule has 0 fully saturated rings. The highest BCUT2D eigenvalue weighted by Gasteiger charge is 2.08. The van der Waals surface area contributed by atoms with Crippen molar-refractivity contribution in [3.05, 3.63) is 81.5 Å². The predicted octanol–water partition coefficient (Wildman–Crippen LogP) is 2.69. The van der Waals surface area contributed by atoms with Crippen LogP contribution in [0.2, 0.25) is 0 Å². The van der Waals surface area contributed by atoms with Gasteiger partial charge < -0.3 is 9.72 Å². The van der Waals surface area contributed by atoms with Crippen LogP contribution < -0.4 is 15.9 Å². The van der Waals surface area contributed by atoms with E-state index in [2.05, 4.69) is 4.98 Å². The van der Waals surface area contributed by atoms with E-state index in [1.54, 1.807) is 37.6 Å². The second-order valence-corrected chi connectivity index (χ2v) is 5.85. The molecule has 2 aromatic carbocycles. The summed E-state index contributed by atoms with van der Waals surface area (Å²) in [5, 5.41) is 0.594. The first-order chi connectivity index (χ1) is 11.2. The second-order valence-electron chi connectivity index (χ2n) is 4.74. The molecular formula is C17H14N2O3S. The van der Waals surface area contributed by atoms with Gasteiger partial charge in [-0.2, -0.15) is 0 Å². The molecule has 1 heterocycles. The quantitative estimate of drug-likeness (QED) is 0.749. The van der Waals surface area contributed by atoms with Gasteiger partial charge in [-0.15, -0.1) is 0 Å². The number of hydrogen-bond donors (Lipinski definition) is 1. The van der Waals surface area contributed by atoms with Gasteiger partial charge in [0.25, 0.3) is 0 Å². The zero-order valence-electron chi connectivity index (χ0n) is 12.4. The summed E-state index contributed by atoms with van der Waals surface area (Å²) in [6, 6.07) is 16.6. The van der Waals surface area contributed by atoms with E-state index in [4.69, 9.17) is 4.74 Å². The number of aromatic amines is 1. The fraction of sp³-hybridized carbons (Fsp3) is 0.0588. The maximum Gasteiger partial charge on any atom is 0.320 e. The summed E-state index contributed by atoms with van der Waals surface area (Å²) < 4.78 is 6.44. The topological polar surface area (TPSA) is 64.1 Å². The summed E-state index contributed by atoms with van der Waals surface area (Å²) in [5.74, 6) is 0.686. The summed E-state index contributed by atoms with van der Waals surface area (Å²) in [7, 11) is 1.57. The molecule has 0 bridgehead atoms. The average Bonchev–Trinajstić information content (AvgIpc) is 2.59. The van der Waals surface area contributed by atoms with Gasteiger partial charge in [-0.05, 0) is 36.4 Å². The van der Waals surface area contributed by atoms with Gasteiger partial charge in [0.15, 0.2) is 0 Å². The summed E-state index contributed by atoms with van der Waals surface area (Å²) in [4.78, 5) is 27.6. The molecule has 0 saturated carbocycles. The van der Waals surface area contributed by atoms with Gasteiger partial charge in [0, 0.05) is 16.8 Å². The van der Waals surface area contributed by atoms with Gasteiger partial charge in [0.1, 0.15) is 5.75 Å². The number of H-pyrrole nitrogens is 1. The first kappa shape index (κ1) is 15.2. The molecule has 0 amide bonds. The molecule has 0 aliphatic rings. The molecule has 0 saturated heterocycles. The minimum Gasteiger partial charge on any atom is -0.497 e. The van der Waals surface area contributed by atoms with Crippen LogP contribution in [0, 0.1) is 0 Å². The minimum atomic E-state index is -0.651. The van der Waals surface area contributed by atoms with Gasteiger partial charge in [-0.25, -0.2) is 0 Å². The lowest BCUT2D eigenvalue weighted by atomic mass is 10.3. The monoisotopic (exact) mass is 326 g/mol. The number of hydrogen-bond acceptors (Lipinski definition) is 4. The summed E-state index contributed by atoms with van der Waals surface area (Å²) in [5.41, 5.74) is -0.661. The lowest BCUT2D eigenvalue weighted by molar-refractivity contribution is 0.414. The number of methoxy groups -OCH3 is 1. The Morgan fingerprint density at radius 2 is 1.70 bits per heavy atom. The smallest absolute Gasteiger partial charge is 0.320 e. The maximum absolute atomic E-state index is 12.1. The number of benzene rings is 2. The van der Waals surface area contributed by atoms with Crippen molar-refractivity contribution in [3.63, 3.8) is 0 Å². The SMILES string of the molecule is COc1ccc(-n2cc(Sc3ccccc3)[nH]c(=O)c2=O)cc1. The highest BCUT2D eigenvalue weighted by atomic mass is 32.2. The zero-order valence-corrected chi connectivity index (χ0v) is 13.2. The van der Waals surface area contributed by atoms with E-state index in [-0.39, 0.29) is 0 Å². The third kappa shape index (κ3) is 3.37. The Morgan fingerprint density at radius 3 is 2.35 bits per heavy atom. The van der Waals surface area contributed by atoms with E-state index in [1.807, 2.05) is 30.3 Å². The molecule has 0 aliphatic carbocycles. The first-order valence-electron chi connectivity index (χ1n) is 6.91. The summed E-state index contributed by atoms with van der Waals surface area (Å²) in [6.45, 7) is 0. The molecule has 0 spiro atoms. The number of nitrogens with zero attached hydrogens (tertiary/aromatic N) is 1. The number of rotatable bonds is 4. The zero-order chi connectivity index (χ0) is 16.2. The third-order valence-electron chi connectivity index (χ3n) is 3.22. The number of ether oxygens (including phenoxy) is 1. The minimum absolute atomic E-state index is 0.594. The normalized spacial score (nSPS) is 10.5. The van der Waals surface area contributed by atoms with Crippen LogP contribution in [0.4, 0.5) is 0 Å². The van der Waals surface area contributed by atoms with Crippen LogP contribution in [0.3, 0.4) is 0 Å². The first-order valence-corrected chi connectivity index (χ1v) is 7.72. The van der Waals surface area contributed by atoms with Crippen LogP contribution in [-0.4, -0.2) is 16.7 Å². The van der Waals surface area contributed by atoms with Gasteiger partial charge >= 0.3 is 11.1 Å². The van der Waals surface area contributed by atoms with Crippen LogP contribution in [0.1, 0.15) is 0 Å². The Bertz CT molecular complexity index is 915. The van der Waals surface area contributed by atoms with Crippen molar-refractivity contribution in [2.75, 3.05) is 7.11 Å². The molecule has 6 heteroatoms. The predicted molar refractivity (Wildman–Crippen MR) is 89.8 cm³/mol. The molecule has 1 N–H and O–H groups in total. The molecular weight excluding hydrogens is 312 g/mol. The Balaban J connectivity index is 2.03. The molecule has 0 unspecified atom stereocenters. The average molecular weight is 326 g/mol. The number of aromatic nitrogens is 2. The van der Waals surface area contributed by atoms with Crippen LogP contribution >= 0.6 is 11.8 Å². The molecule has 5 nitrogen and oxygen atoms in total. The van der Waals surface area contributed by atoms with Crippen molar-refractivity contribution in [1.82, 2.24) is 9.55 Å². The third-order valence-corrected chi connectivity index (χ3v) is 4.15. The standard InChI is InChI=1S/C17H14N2O3S/c1-22-13-9-7-12(8-10-13)19-11-15(18-16(20)17(19)21)23-14-5-3-2-4-6-14/h2-11H,1H3,(H,18,20). The molecule has 0 aliphatic heterocycles. The van der Waals surface area contributed by atoms with E-state index in [1.165, 1.54) is 16.3 Å². The molecule has 23 heavy (non-hydrogen) atoms. The summed E-state index contributed by atoms with van der Waals surface area (Å²) in [6.07, 6.45) is 1.63. The molecule has 0 atom stereocenters. The summed E-state index contributed by atoms with van der Waals surface area (Å²) >= 11 is 1.39. The fourth-order valence-corrected chi connectivity index (χ4v) is 2.93. The van der Waals surface area contributed by atoms with Crippen molar-refractivity contribution < 1.29 is 4.74 Å². The van der Waals surface area contributed by atoms with Crippen LogP contribution in [-0.2, 0) is 0 Å². The second kappa shape index (κ2) is 6.58. The molecule has 3 rings (SSSR count). The van der Waals surface area contributed by atoms with Crippen molar-refractivity contribution in [3.8, 4) is 11.4 Å². The van der Waals surface area contributed by atoms with E-state index < -0.39 is 11.1 Å². The molecule has 1 aromatic heterocycles. The van der Waals surface area contributed by atoms with Crippen molar-refractivity contribution in [2.24, 2.45) is 0 Å². The Kier molecular flexibility index (Phi) is 4.34. The molecule has 0 radical (unpaired) electrons. The fourth-order valence-electron chi connectivity index (χ4n) is 2.08. The van der Waals surface area contributed by atoms with Gasteiger partial charge in [0.2, 0.25) is 0 Å². The number of nitrogens with one attached hydrogen (secondary N) is 1. The lowest BCUT2D eigenvalue weighted by Crippen LogP contribution is -2.35. The van der Waals surface area contributed by atoms with Gasteiger partial charge in [0.05, 0.1) is 12.1 Å². The van der Waals surface area contributed by atoms with E-state index in [0.717, 1.165) is 4.90 Å². The van der Waals surface area contributed by atoms with E-state index in [0.29, 0.717) is 16.5 Å². The van der Waals surface area contributed by atoms with E-state index >= 15 is 0 Å². The van der Waals surface area contributed by atoms with Crippen LogP contribution in [0.5, 0.6) is 5.75 Å². The van der Waals surface area contributed by atoms with Gasteiger partial charge in [-0.1, -0.05) is 30.0 Å². The van der Waals surface area contributed by atoms with Crippen molar-refractivity contribution >= 4 is 11.8 Å². The largest absolute Gasteiger partial charge is 0.497 e. The molecule has 3 aromatic rings. The Morgan fingerprint density at radius 1 is 1.00 bits per heavy atom. The van der Waals surface area contributed by atoms with E-state index in [9.17, 15) is 9.59 Å². The maximum atomic E-state index is 12.1. The Hall–Kier alpha value is -2.73. The van der Waals surface area contributed by atoms with Crippen LogP contribution in [0.25, 0.3) is 5.69 Å². The van der Waals surface area contributed by atoms with Crippen molar-refractivity contribution in [1.29, 1.82) is 0 Å². The molecule has 116 valence electrons. The lowest BCUT2D eigenvalue weighted by Gasteiger charge is -2.08. The Labute approximate surface area is 136 Å². The highest BCUT2D eigenvalue weighted by molar-refractivity contribution is 7.99. The highest BCUT2D eigenvalue weighted by Crippen LogP contribution is 2.24. The van der Waals surface area contributed by atoms with Gasteiger partial charge in [-0.3, -0.25) is 14.2 Å². The van der Waals surface area contributed by atoms with Crippen molar-refractivity contribution in [2.45, 2.75) is 9.92 Å².